The summed E-state index contributed by atoms with van der Waals surface area (Å²) in [6.45, 7) is 3.62. The molecule has 6 heteroatoms. The summed E-state index contributed by atoms with van der Waals surface area (Å²) in [7, 11) is 3.56. The van der Waals surface area contributed by atoms with Gasteiger partial charge in [-0.3, -0.25) is 9.69 Å². The van der Waals surface area contributed by atoms with E-state index in [9.17, 15) is 14.7 Å². The maximum Gasteiger partial charge on any atom is 0.335 e. The molecule has 138 valence electrons. The summed E-state index contributed by atoms with van der Waals surface area (Å²) < 4.78 is 5.11. The van der Waals surface area contributed by atoms with E-state index in [-0.39, 0.29) is 17.0 Å². The van der Waals surface area contributed by atoms with Crippen LogP contribution in [0.15, 0.2) is 18.2 Å². The van der Waals surface area contributed by atoms with E-state index in [2.05, 4.69) is 24.2 Å². The van der Waals surface area contributed by atoms with Crippen molar-refractivity contribution < 1.29 is 19.4 Å². The van der Waals surface area contributed by atoms with Crippen LogP contribution in [0.2, 0.25) is 0 Å². The monoisotopic (exact) mass is 348 g/mol. The highest BCUT2D eigenvalue weighted by molar-refractivity contribution is 5.98. The van der Waals surface area contributed by atoms with E-state index in [1.54, 1.807) is 6.07 Å². The number of hydrogen-bond acceptors (Lipinski definition) is 4. The Morgan fingerprint density at radius 2 is 1.84 bits per heavy atom. The van der Waals surface area contributed by atoms with Crippen molar-refractivity contribution in [2.24, 2.45) is 0 Å². The van der Waals surface area contributed by atoms with E-state index < -0.39 is 5.97 Å². The van der Waals surface area contributed by atoms with Crippen LogP contribution in [0.5, 0.6) is 5.75 Å². The van der Waals surface area contributed by atoms with Crippen molar-refractivity contribution in [3.05, 3.63) is 29.3 Å². The number of nitrogens with one attached hydrogen (secondary N) is 1. The van der Waals surface area contributed by atoms with Crippen molar-refractivity contribution in [1.82, 2.24) is 10.2 Å². The van der Waals surface area contributed by atoms with Crippen molar-refractivity contribution in [3.8, 4) is 5.75 Å². The number of carboxylic acids is 1. The van der Waals surface area contributed by atoms with Crippen molar-refractivity contribution >= 4 is 11.9 Å². The van der Waals surface area contributed by atoms with Gasteiger partial charge < -0.3 is 15.2 Å². The second-order valence-corrected chi connectivity index (χ2v) is 6.74. The fourth-order valence-electron chi connectivity index (χ4n) is 3.56. The molecular formula is C19H28N2O4. The largest absolute Gasteiger partial charge is 0.497 e. The topological polar surface area (TPSA) is 78.9 Å². The van der Waals surface area contributed by atoms with Gasteiger partial charge in [0.25, 0.3) is 5.91 Å². The Balaban J connectivity index is 2.15. The third kappa shape index (κ3) is 4.51. The number of aromatic carboxylic acids is 1. The highest BCUT2D eigenvalue weighted by atomic mass is 16.5. The van der Waals surface area contributed by atoms with E-state index in [0.717, 1.165) is 19.4 Å². The highest BCUT2D eigenvalue weighted by Gasteiger charge is 2.35. The first-order valence-corrected chi connectivity index (χ1v) is 8.83. The van der Waals surface area contributed by atoms with Gasteiger partial charge in [-0.15, -0.1) is 0 Å². The van der Waals surface area contributed by atoms with Crippen LogP contribution in [0.4, 0.5) is 0 Å². The van der Waals surface area contributed by atoms with Gasteiger partial charge in [-0.2, -0.15) is 0 Å². The lowest BCUT2D eigenvalue weighted by Crippen LogP contribution is -2.55. The quantitative estimate of drug-likeness (QED) is 0.792. The highest BCUT2D eigenvalue weighted by Crippen LogP contribution is 2.32. The Morgan fingerprint density at radius 3 is 2.40 bits per heavy atom. The minimum atomic E-state index is -1.08. The van der Waals surface area contributed by atoms with Gasteiger partial charge in [0, 0.05) is 17.6 Å². The molecule has 2 N–H and O–H groups in total. The smallest absolute Gasteiger partial charge is 0.335 e. The molecule has 0 radical (unpaired) electrons. The number of likely N-dealkylation sites (N-methyl/N-ethyl adjacent to an activating group) is 1. The number of rotatable bonds is 7. The lowest BCUT2D eigenvalue weighted by molar-refractivity contribution is 0.0695. The summed E-state index contributed by atoms with van der Waals surface area (Å²) in [6, 6.07) is 4.36. The fraction of sp³-hybridized carbons (Fsp3) is 0.579. The van der Waals surface area contributed by atoms with Gasteiger partial charge in [0.1, 0.15) is 5.75 Å². The molecule has 1 fully saturated rings. The summed E-state index contributed by atoms with van der Waals surface area (Å²) >= 11 is 0. The van der Waals surface area contributed by atoms with Crippen molar-refractivity contribution in [2.45, 2.75) is 44.6 Å². The molecular weight excluding hydrogens is 320 g/mol. The summed E-state index contributed by atoms with van der Waals surface area (Å²) in [6.07, 6.45) is 5.71. The number of hydrogen-bond donors (Lipinski definition) is 2. The Bertz CT molecular complexity index is 624. The van der Waals surface area contributed by atoms with Crippen LogP contribution in [0.25, 0.3) is 0 Å². The molecule has 1 aromatic carbocycles. The minimum absolute atomic E-state index is 0.0167. The number of methoxy groups -OCH3 is 1. The van der Waals surface area contributed by atoms with Crippen LogP contribution in [0, 0.1) is 0 Å². The average Bonchev–Trinajstić information content (AvgIpc) is 2.65. The zero-order valence-corrected chi connectivity index (χ0v) is 15.3. The predicted molar refractivity (Wildman–Crippen MR) is 96.4 cm³/mol. The van der Waals surface area contributed by atoms with Gasteiger partial charge in [-0.05, 0) is 44.6 Å². The van der Waals surface area contributed by atoms with Crippen LogP contribution in [-0.4, -0.2) is 54.7 Å². The molecule has 1 aliphatic carbocycles. The molecule has 1 aromatic rings. The van der Waals surface area contributed by atoms with Gasteiger partial charge in [0.2, 0.25) is 0 Å². The first kappa shape index (κ1) is 19.2. The van der Waals surface area contributed by atoms with E-state index in [1.165, 1.54) is 38.5 Å². The normalized spacial score (nSPS) is 16.5. The van der Waals surface area contributed by atoms with Gasteiger partial charge in [-0.25, -0.2) is 4.79 Å². The van der Waals surface area contributed by atoms with Gasteiger partial charge in [0.15, 0.2) is 0 Å². The van der Waals surface area contributed by atoms with Crippen molar-refractivity contribution in [2.75, 3.05) is 27.2 Å². The van der Waals surface area contributed by atoms with Crippen LogP contribution in [0.3, 0.4) is 0 Å². The van der Waals surface area contributed by atoms with E-state index in [4.69, 9.17) is 4.74 Å². The molecule has 0 bridgehead atoms. The molecule has 25 heavy (non-hydrogen) atoms. The number of benzene rings is 1. The number of carbonyl (C=O) groups is 2. The number of nitrogens with zero attached hydrogens (tertiary/aromatic N) is 1. The zero-order chi connectivity index (χ0) is 18.4. The number of carbonyl (C=O) groups excluding carboxylic acids is 1. The number of amides is 1. The molecule has 1 amide bonds. The molecule has 0 atom stereocenters. The molecule has 0 unspecified atom stereocenters. The lowest BCUT2D eigenvalue weighted by atomic mass is 9.80. The van der Waals surface area contributed by atoms with Crippen LogP contribution >= 0.6 is 0 Å². The summed E-state index contributed by atoms with van der Waals surface area (Å²) in [5, 5.41) is 12.2. The van der Waals surface area contributed by atoms with Gasteiger partial charge in [-0.1, -0.05) is 26.2 Å². The van der Waals surface area contributed by atoms with E-state index in [0.29, 0.717) is 17.9 Å². The molecule has 2 rings (SSSR count). The Hall–Kier alpha value is -2.08. The molecule has 1 saturated carbocycles. The average molecular weight is 348 g/mol. The molecule has 0 heterocycles. The summed E-state index contributed by atoms with van der Waals surface area (Å²) in [5.74, 6) is -0.985. The van der Waals surface area contributed by atoms with Crippen molar-refractivity contribution in [1.29, 1.82) is 0 Å². The Labute approximate surface area is 149 Å². The van der Waals surface area contributed by atoms with E-state index >= 15 is 0 Å². The maximum absolute atomic E-state index is 12.6. The molecule has 6 nitrogen and oxygen atoms in total. The van der Waals surface area contributed by atoms with Crippen LogP contribution in [0.1, 0.15) is 59.7 Å². The maximum atomic E-state index is 12.6. The Morgan fingerprint density at radius 1 is 1.20 bits per heavy atom. The third-order valence-electron chi connectivity index (χ3n) is 5.30. The predicted octanol–water partition coefficient (Wildman–Crippen LogP) is 2.78. The molecule has 0 aliphatic heterocycles. The van der Waals surface area contributed by atoms with Gasteiger partial charge >= 0.3 is 5.97 Å². The molecule has 0 saturated heterocycles. The molecule has 0 aromatic heterocycles. The standard InChI is InChI=1S/C19H28N2O4/c1-4-21(2)19(8-6-5-7-9-19)13-20-17(22)14-10-15(18(23)24)12-16(11-14)25-3/h10-12H,4-9,13H2,1-3H3,(H,20,22)(H,23,24). The minimum Gasteiger partial charge on any atom is -0.497 e. The van der Waals surface area contributed by atoms with Crippen molar-refractivity contribution in [3.63, 3.8) is 0 Å². The van der Waals surface area contributed by atoms with Crippen LogP contribution < -0.4 is 10.1 Å². The summed E-state index contributed by atoms with van der Waals surface area (Å²) in [5.41, 5.74) is 0.335. The second-order valence-electron chi connectivity index (χ2n) is 6.74. The first-order chi connectivity index (χ1) is 11.9. The Kier molecular flexibility index (Phi) is 6.42. The second kappa shape index (κ2) is 8.34. The first-order valence-electron chi connectivity index (χ1n) is 8.83. The molecule has 0 spiro atoms. The van der Waals surface area contributed by atoms with E-state index in [1.807, 2.05) is 0 Å². The lowest BCUT2D eigenvalue weighted by Gasteiger charge is -2.44. The zero-order valence-electron chi connectivity index (χ0n) is 15.3. The fourth-order valence-corrected chi connectivity index (χ4v) is 3.56. The molecule has 1 aliphatic rings. The third-order valence-corrected chi connectivity index (χ3v) is 5.30. The number of ether oxygens (including phenoxy) is 1. The van der Waals surface area contributed by atoms with Crippen LogP contribution in [-0.2, 0) is 0 Å². The summed E-state index contributed by atoms with van der Waals surface area (Å²) in [4.78, 5) is 26.2. The number of carboxylic acid groups (broad SMARTS) is 1. The SMILES string of the molecule is CCN(C)C1(CNC(=O)c2cc(OC)cc(C(=O)O)c2)CCCCC1. The van der Waals surface area contributed by atoms with Gasteiger partial charge in [0.05, 0.1) is 12.7 Å².